The van der Waals surface area contributed by atoms with E-state index >= 15 is 0 Å². The molecule has 0 atom stereocenters. The molecule has 0 saturated heterocycles. The van der Waals surface area contributed by atoms with Crippen molar-refractivity contribution in [2.75, 3.05) is 0 Å². The molecular formula is C22H18F2N4. The second-order valence-corrected chi connectivity index (χ2v) is 7.25. The number of hydrogen-bond acceptors (Lipinski definition) is 3. The maximum Gasteiger partial charge on any atom is 0.131 e. The number of rotatable bonds is 3. The summed E-state index contributed by atoms with van der Waals surface area (Å²) in [5.41, 5.74) is 5.17. The molecule has 0 aliphatic carbocycles. The van der Waals surface area contributed by atoms with Gasteiger partial charge in [-0.15, -0.1) is 0 Å². The first kappa shape index (κ1) is 17.0. The van der Waals surface area contributed by atoms with Gasteiger partial charge >= 0.3 is 0 Å². The lowest BCUT2D eigenvalue weighted by Crippen LogP contribution is -2.18. The number of nitrogens with one attached hydrogen (secondary N) is 1. The van der Waals surface area contributed by atoms with Crippen LogP contribution in [0.5, 0.6) is 0 Å². The minimum absolute atomic E-state index is 0.0910. The van der Waals surface area contributed by atoms with Crippen LogP contribution >= 0.6 is 0 Å². The molecule has 28 heavy (non-hydrogen) atoms. The fourth-order valence-corrected chi connectivity index (χ4v) is 3.85. The van der Waals surface area contributed by atoms with Gasteiger partial charge in [0.2, 0.25) is 0 Å². The number of halogens is 2. The minimum atomic E-state index is -0.530. The third kappa shape index (κ3) is 2.86. The van der Waals surface area contributed by atoms with E-state index in [0.717, 1.165) is 33.4 Å². The first-order valence-electron chi connectivity index (χ1n) is 9.16. The van der Waals surface area contributed by atoms with Crippen LogP contribution in [0, 0.1) is 18.6 Å². The van der Waals surface area contributed by atoms with Crippen LogP contribution in [0.25, 0.3) is 22.0 Å². The molecule has 0 radical (unpaired) electrons. The first-order chi connectivity index (χ1) is 13.6. The summed E-state index contributed by atoms with van der Waals surface area (Å²) in [4.78, 5) is 6.34. The Bertz CT molecular complexity index is 1150. The van der Waals surface area contributed by atoms with E-state index in [2.05, 4.69) is 15.2 Å². The monoisotopic (exact) mass is 376 g/mol. The fourth-order valence-electron chi connectivity index (χ4n) is 3.85. The van der Waals surface area contributed by atoms with Gasteiger partial charge < -0.3 is 0 Å². The number of H-pyrrole nitrogens is 1. The van der Waals surface area contributed by atoms with Crippen molar-refractivity contribution in [3.8, 4) is 11.1 Å². The number of pyridine rings is 1. The molecule has 4 nitrogen and oxygen atoms in total. The molecule has 2 aromatic heterocycles. The Balaban J connectivity index is 1.44. The molecule has 0 saturated carbocycles. The minimum Gasteiger partial charge on any atom is -0.289 e. The molecule has 0 amide bonds. The van der Waals surface area contributed by atoms with E-state index in [-0.39, 0.29) is 12.1 Å². The van der Waals surface area contributed by atoms with Crippen LogP contribution in [0.4, 0.5) is 8.78 Å². The molecule has 1 aliphatic rings. The molecule has 3 heterocycles. The smallest absolute Gasteiger partial charge is 0.131 e. The highest BCUT2D eigenvalue weighted by molar-refractivity contribution is 5.86. The van der Waals surface area contributed by atoms with E-state index in [1.54, 1.807) is 6.20 Å². The van der Waals surface area contributed by atoms with Gasteiger partial charge in [0.1, 0.15) is 11.6 Å². The summed E-state index contributed by atoms with van der Waals surface area (Å²) < 4.78 is 29.6. The normalized spacial score (nSPS) is 14.0. The Kier molecular flexibility index (Phi) is 3.94. The third-order valence-corrected chi connectivity index (χ3v) is 5.35. The van der Waals surface area contributed by atoms with E-state index in [1.165, 1.54) is 12.1 Å². The van der Waals surface area contributed by atoms with Gasteiger partial charge in [-0.25, -0.2) is 8.78 Å². The Morgan fingerprint density at radius 2 is 1.86 bits per heavy atom. The van der Waals surface area contributed by atoms with Gasteiger partial charge in [-0.05, 0) is 47.9 Å². The summed E-state index contributed by atoms with van der Waals surface area (Å²) in [6.45, 7) is 3.41. The lowest BCUT2D eigenvalue weighted by Gasteiger charge is -2.16. The summed E-state index contributed by atoms with van der Waals surface area (Å²) in [6.07, 6.45) is 1.75. The first-order valence-corrected chi connectivity index (χ1v) is 9.16. The fraction of sp³-hybridized carbons (Fsp3) is 0.182. The third-order valence-electron chi connectivity index (χ3n) is 5.35. The average Bonchev–Trinajstić information content (AvgIpc) is 3.27. The SMILES string of the molecule is Cc1[nH]nc2cc(-c3cc(F)c(CN4Cc5cccnc5C4)c(F)c3)ccc12. The molecule has 4 aromatic rings. The van der Waals surface area contributed by atoms with E-state index in [9.17, 15) is 8.78 Å². The van der Waals surface area contributed by atoms with Crippen molar-refractivity contribution in [1.82, 2.24) is 20.1 Å². The summed E-state index contributed by atoms with van der Waals surface area (Å²) >= 11 is 0. The van der Waals surface area contributed by atoms with Crippen molar-refractivity contribution >= 4 is 10.9 Å². The van der Waals surface area contributed by atoms with Crippen molar-refractivity contribution in [1.29, 1.82) is 0 Å². The maximum absolute atomic E-state index is 14.8. The lowest BCUT2D eigenvalue weighted by molar-refractivity contribution is 0.265. The van der Waals surface area contributed by atoms with Crippen LogP contribution < -0.4 is 0 Å². The van der Waals surface area contributed by atoms with Crippen molar-refractivity contribution in [2.24, 2.45) is 0 Å². The summed E-state index contributed by atoms with van der Waals surface area (Å²) in [7, 11) is 0. The second-order valence-electron chi connectivity index (χ2n) is 7.25. The van der Waals surface area contributed by atoms with Gasteiger partial charge in [0, 0.05) is 42.5 Å². The number of benzene rings is 2. The summed E-state index contributed by atoms with van der Waals surface area (Å²) in [6, 6.07) is 12.3. The van der Waals surface area contributed by atoms with Crippen LogP contribution in [-0.2, 0) is 19.6 Å². The standard InChI is InChI=1S/C22H18F2N4/c1-13-17-5-4-14(9-21(17)27-26-13)16-7-19(23)18(20(24)8-16)11-28-10-15-3-2-6-25-22(15)12-28/h2-9H,10-12H2,1H3,(H,26,27). The number of aromatic nitrogens is 3. The number of nitrogens with zero attached hydrogens (tertiary/aromatic N) is 3. The molecule has 6 heteroatoms. The van der Waals surface area contributed by atoms with Gasteiger partial charge in [0.25, 0.3) is 0 Å². The Morgan fingerprint density at radius 1 is 1.04 bits per heavy atom. The van der Waals surface area contributed by atoms with Crippen molar-refractivity contribution in [2.45, 2.75) is 26.6 Å². The van der Waals surface area contributed by atoms with E-state index in [4.69, 9.17) is 0 Å². The molecular weight excluding hydrogens is 358 g/mol. The van der Waals surface area contributed by atoms with Crippen LogP contribution in [0.1, 0.15) is 22.5 Å². The van der Waals surface area contributed by atoms with Crippen LogP contribution in [-0.4, -0.2) is 20.1 Å². The molecule has 140 valence electrons. The molecule has 0 spiro atoms. The van der Waals surface area contributed by atoms with Gasteiger partial charge in [0.05, 0.1) is 11.2 Å². The average molecular weight is 376 g/mol. The number of hydrogen-bond donors (Lipinski definition) is 1. The molecule has 0 unspecified atom stereocenters. The Hall–Kier alpha value is -3.12. The van der Waals surface area contributed by atoms with Crippen molar-refractivity contribution < 1.29 is 8.78 Å². The van der Waals surface area contributed by atoms with Gasteiger partial charge in [-0.1, -0.05) is 18.2 Å². The lowest BCUT2D eigenvalue weighted by atomic mass is 10.0. The van der Waals surface area contributed by atoms with Crippen LogP contribution in [0.15, 0.2) is 48.7 Å². The highest BCUT2D eigenvalue weighted by Crippen LogP contribution is 2.30. The zero-order valence-electron chi connectivity index (χ0n) is 15.3. The maximum atomic E-state index is 14.8. The quantitative estimate of drug-likeness (QED) is 0.562. The van der Waals surface area contributed by atoms with Crippen molar-refractivity contribution in [3.05, 3.63) is 82.8 Å². The summed E-state index contributed by atoms with van der Waals surface area (Å²) in [5, 5.41) is 8.16. The molecule has 5 rings (SSSR count). The predicted molar refractivity (Wildman–Crippen MR) is 103 cm³/mol. The van der Waals surface area contributed by atoms with Gasteiger partial charge in [-0.2, -0.15) is 5.10 Å². The van der Waals surface area contributed by atoms with E-state index in [0.29, 0.717) is 18.7 Å². The van der Waals surface area contributed by atoms with Crippen LogP contribution in [0.3, 0.4) is 0 Å². The van der Waals surface area contributed by atoms with E-state index in [1.807, 2.05) is 42.2 Å². The predicted octanol–water partition coefficient (Wildman–Crippen LogP) is 4.73. The van der Waals surface area contributed by atoms with Crippen LogP contribution in [0.2, 0.25) is 0 Å². The Labute approximate surface area is 160 Å². The zero-order chi connectivity index (χ0) is 19.3. The number of aromatic amines is 1. The van der Waals surface area contributed by atoms with Gasteiger partial charge in [0.15, 0.2) is 0 Å². The molecule has 0 fully saturated rings. The topological polar surface area (TPSA) is 44.8 Å². The summed E-state index contributed by atoms with van der Waals surface area (Å²) in [5.74, 6) is -1.06. The van der Waals surface area contributed by atoms with Gasteiger partial charge in [-0.3, -0.25) is 15.0 Å². The zero-order valence-corrected chi connectivity index (χ0v) is 15.3. The highest BCUT2D eigenvalue weighted by atomic mass is 19.1. The van der Waals surface area contributed by atoms with E-state index < -0.39 is 11.6 Å². The Morgan fingerprint density at radius 3 is 2.64 bits per heavy atom. The largest absolute Gasteiger partial charge is 0.289 e. The van der Waals surface area contributed by atoms with Crippen molar-refractivity contribution in [3.63, 3.8) is 0 Å². The molecule has 0 bridgehead atoms. The number of fused-ring (bicyclic) bond motifs is 2. The second kappa shape index (κ2) is 6.49. The highest BCUT2D eigenvalue weighted by Gasteiger charge is 2.22. The molecule has 2 aromatic carbocycles. The number of aryl methyl sites for hydroxylation is 1. The molecule has 1 aliphatic heterocycles. The molecule has 1 N–H and O–H groups in total.